The van der Waals surface area contributed by atoms with Gasteiger partial charge in [-0.05, 0) is 38.0 Å². The number of aromatic nitrogens is 2. The van der Waals surface area contributed by atoms with Gasteiger partial charge in [-0.15, -0.1) is 0 Å². The van der Waals surface area contributed by atoms with E-state index in [1.807, 2.05) is 6.92 Å². The summed E-state index contributed by atoms with van der Waals surface area (Å²) >= 11 is 0. The molecule has 6 nitrogen and oxygen atoms in total. The van der Waals surface area contributed by atoms with E-state index in [0.717, 1.165) is 10.1 Å². The summed E-state index contributed by atoms with van der Waals surface area (Å²) in [5.74, 6) is -0.511. The van der Waals surface area contributed by atoms with E-state index < -0.39 is 17.4 Å². The van der Waals surface area contributed by atoms with E-state index in [-0.39, 0.29) is 41.9 Å². The van der Waals surface area contributed by atoms with Crippen molar-refractivity contribution in [3.63, 3.8) is 0 Å². The van der Waals surface area contributed by atoms with Gasteiger partial charge in [0.1, 0.15) is 11.6 Å². The van der Waals surface area contributed by atoms with Gasteiger partial charge in [0.05, 0.1) is 24.7 Å². The van der Waals surface area contributed by atoms with Gasteiger partial charge in [0, 0.05) is 12.1 Å². The second kappa shape index (κ2) is 5.05. The topological polar surface area (TPSA) is 95.1 Å². The highest BCUT2D eigenvalue weighted by Crippen LogP contribution is 2.25. The van der Waals surface area contributed by atoms with Crippen LogP contribution in [0.3, 0.4) is 0 Å². The fraction of sp³-hybridized carbons (Fsp3) is 0.375. The second-order valence-electron chi connectivity index (χ2n) is 5.63. The number of fused-ring (bicyclic) bond motifs is 1. The normalized spacial score (nSPS) is 22.9. The minimum absolute atomic E-state index is 0.0234. The molecule has 0 unspecified atom stereocenters. The van der Waals surface area contributed by atoms with E-state index in [1.54, 1.807) is 19.1 Å². The number of benzene rings is 1. The number of Topliss-reactive ketones (excluding diaryl/α,β-unsaturated/α-hetero) is 2. The first kappa shape index (κ1) is 13.2. The lowest BCUT2D eigenvalue weighted by atomic mass is 9.92. The van der Waals surface area contributed by atoms with Crippen molar-refractivity contribution in [2.24, 2.45) is 0 Å². The monoisotopic (exact) mass is 300 g/mol. The third-order valence-electron chi connectivity index (χ3n) is 3.91. The fourth-order valence-corrected chi connectivity index (χ4v) is 2.92. The summed E-state index contributed by atoms with van der Waals surface area (Å²) in [6.45, 7) is 3.43. The number of aryl methyl sites for hydroxylation is 2. The Bertz CT molecular complexity index is 919. The molecule has 1 fully saturated rings. The second-order valence-corrected chi connectivity index (χ2v) is 5.63. The van der Waals surface area contributed by atoms with Gasteiger partial charge in [0.25, 0.3) is 5.56 Å². The molecule has 6 heteroatoms. The molecular formula is C16H17N3O3. The van der Waals surface area contributed by atoms with Gasteiger partial charge < -0.3 is 5.73 Å². The molecule has 0 bridgehead atoms. The zero-order valence-corrected chi connectivity index (χ0v) is 12.5. The Morgan fingerprint density at radius 1 is 1.32 bits per heavy atom. The van der Waals surface area contributed by atoms with Gasteiger partial charge >= 0.3 is 0 Å². The van der Waals surface area contributed by atoms with E-state index in [1.165, 1.54) is 0 Å². The summed E-state index contributed by atoms with van der Waals surface area (Å²) < 4.78 is 9.59. The number of anilines is 1. The molecule has 1 saturated carbocycles. The molecule has 1 aliphatic carbocycles. The van der Waals surface area contributed by atoms with E-state index in [2.05, 4.69) is 4.98 Å². The molecule has 1 heterocycles. The molecule has 1 aromatic heterocycles. The lowest BCUT2D eigenvalue weighted by Crippen LogP contribution is -2.36. The smallest absolute Gasteiger partial charge is 0.264 e. The van der Waals surface area contributed by atoms with Crippen LogP contribution >= 0.6 is 0 Å². The van der Waals surface area contributed by atoms with Crippen LogP contribution in [0.2, 0.25) is 0 Å². The van der Waals surface area contributed by atoms with Crippen LogP contribution in [-0.4, -0.2) is 21.1 Å². The van der Waals surface area contributed by atoms with Crippen LogP contribution < -0.4 is 11.3 Å². The van der Waals surface area contributed by atoms with Crippen LogP contribution in [0.4, 0.5) is 5.69 Å². The van der Waals surface area contributed by atoms with Crippen molar-refractivity contribution in [1.29, 1.82) is 0 Å². The Kier molecular flexibility index (Phi) is 3.03. The van der Waals surface area contributed by atoms with Crippen LogP contribution in [-0.2, 0) is 9.59 Å². The van der Waals surface area contributed by atoms with Crippen molar-refractivity contribution in [3.8, 4) is 0 Å². The minimum Gasteiger partial charge on any atom is -0.398 e. The van der Waals surface area contributed by atoms with Crippen molar-refractivity contribution < 1.29 is 11.0 Å². The van der Waals surface area contributed by atoms with Gasteiger partial charge in [0.2, 0.25) is 0 Å². The number of hydrogen-bond acceptors (Lipinski definition) is 5. The van der Waals surface area contributed by atoms with Crippen molar-refractivity contribution in [1.82, 2.24) is 9.55 Å². The van der Waals surface area contributed by atoms with Crippen molar-refractivity contribution in [2.45, 2.75) is 39.1 Å². The minimum atomic E-state index is -1.80. The maximum absolute atomic E-state index is 12.9. The van der Waals surface area contributed by atoms with E-state index >= 15 is 0 Å². The Balaban J connectivity index is 2.33. The van der Waals surface area contributed by atoms with Crippen molar-refractivity contribution in [2.75, 3.05) is 5.73 Å². The SMILES string of the molecule is [2H][C@@]1(n2c(C)nc3cc(C)cc(N)c3c2=O)CCC(=O)CC1=O. The van der Waals surface area contributed by atoms with Crippen LogP contribution in [0.25, 0.3) is 10.9 Å². The molecule has 0 saturated heterocycles. The first-order valence-electron chi connectivity index (χ1n) is 7.59. The van der Waals surface area contributed by atoms with Crippen molar-refractivity contribution >= 4 is 28.2 Å². The number of carbonyl (C=O) groups is 2. The molecule has 3 rings (SSSR count). The predicted octanol–water partition coefficient (Wildman–Crippen LogP) is 1.46. The van der Waals surface area contributed by atoms with Crippen LogP contribution in [0.15, 0.2) is 16.9 Å². The average molecular weight is 300 g/mol. The quantitative estimate of drug-likeness (QED) is 0.635. The van der Waals surface area contributed by atoms with Crippen LogP contribution in [0, 0.1) is 13.8 Å². The van der Waals surface area contributed by atoms with E-state index in [4.69, 9.17) is 7.10 Å². The van der Waals surface area contributed by atoms with Gasteiger partial charge in [0.15, 0.2) is 5.78 Å². The van der Waals surface area contributed by atoms with Gasteiger partial charge in [-0.2, -0.15) is 0 Å². The molecule has 2 N–H and O–H groups in total. The third-order valence-corrected chi connectivity index (χ3v) is 3.91. The average Bonchev–Trinajstić information content (AvgIpc) is 2.42. The highest BCUT2D eigenvalue weighted by molar-refractivity contribution is 6.03. The Morgan fingerprint density at radius 2 is 2.05 bits per heavy atom. The lowest BCUT2D eigenvalue weighted by molar-refractivity contribution is -0.132. The first-order valence-corrected chi connectivity index (χ1v) is 7.09. The molecule has 0 spiro atoms. The van der Waals surface area contributed by atoms with Gasteiger partial charge in [-0.1, -0.05) is 0 Å². The molecule has 1 aromatic carbocycles. The molecule has 22 heavy (non-hydrogen) atoms. The van der Waals surface area contributed by atoms with Gasteiger partial charge in [-0.3, -0.25) is 19.0 Å². The number of ketones is 2. The zero-order chi connectivity index (χ0) is 16.9. The number of nitrogens with zero attached hydrogens (tertiary/aromatic N) is 2. The van der Waals surface area contributed by atoms with Gasteiger partial charge in [-0.25, -0.2) is 4.98 Å². The molecule has 2 aromatic rings. The maximum atomic E-state index is 12.9. The summed E-state index contributed by atoms with van der Waals surface area (Å²) in [5, 5.41) is 0.206. The summed E-state index contributed by atoms with van der Waals surface area (Å²) in [4.78, 5) is 41.0. The summed E-state index contributed by atoms with van der Waals surface area (Å²) in [6, 6.07) is 1.61. The Labute approximate surface area is 128 Å². The standard InChI is InChI=1S/C16H17N3O3/c1-8-5-11(17)15-12(6-8)18-9(2)19(16(15)22)13-4-3-10(20)7-14(13)21/h5-6,13H,3-4,7,17H2,1-2H3/t13-/m1/s1/i13D. The van der Waals surface area contributed by atoms with Crippen LogP contribution in [0.5, 0.6) is 0 Å². The lowest BCUT2D eigenvalue weighted by Gasteiger charge is -2.24. The molecule has 0 amide bonds. The molecule has 1 aliphatic rings. The van der Waals surface area contributed by atoms with Crippen LogP contribution in [0.1, 0.15) is 38.0 Å². The number of carbonyl (C=O) groups excluding carboxylic acids is 2. The summed E-state index contributed by atoms with van der Waals surface area (Å²) in [5.41, 5.74) is 7.04. The zero-order valence-electron chi connectivity index (χ0n) is 13.5. The highest BCUT2D eigenvalue weighted by Gasteiger charge is 2.30. The van der Waals surface area contributed by atoms with E-state index in [0.29, 0.717) is 5.52 Å². The van der Waals surface area contributed by atoms with Crippen molar-refractivity contribution in [3.05, 3.63) is 33.9 Å². The molecule has 1 atom stereocenters. The number of hydrogen-bond donors (Lipinski definition) is 1. The first-order chi connectivity index (χ1) is 10.7. The molecule has 0 radical (unpaired) electrons. The number of nitrogen functional groups attached to an aromatic ring is 1. The molecule has 114 valence electrons. The summed E-state index contributed by atoms with van der Waals surface area (Å²) in [7, 11) is 0. The Morgan fingerprint density at radius 3 is 2.73 bits per heavy atom. The number of nitrogens with two attached hydrogens (primary N) is 1. The largest absolute Gasteiger partial charge is 0.398 e. The molecular weight excluding hydrogens is 282 g/mol. The summed E-state index contributed by atoms with van der Waals surface area (Å²) in [6.07, 6.45) is -0.246. The fourth-order valence-electron chi connectivity index (χ4n) is 2.92. The van der Waals surface area contributed by atoms with E-state index in [9.17, 15) is 14.4 Å². The third kappa shape index (κ3) is 2.20. The highest BCUT2D eigenvalue weighted by atomic mass is 16.2. The predicted molar refractivity (Wildman–Crippen MR) is 82.8 cm³/mol. The Hall–Kier alpha value is -2.50. The maximum Gasteiger partial charge on any atom is 0.264 e. The molecule has 0 aliphatic heterocycles. The number of rotatable bonds is 1.